The van der Waals surface area contributed by atoms with Gasteiger partial charge in [0.2, 0.25) is 0 Å². The molecule has 0 amide bonds. The first-order chi connectivity index (χ1) is 7.50. The Hall–Kier alpha value is -0.120. The lowest BCUT2D eigenvalue weighted by atomic mass is 9.62. The molecule has 0 aliphatic heterocycles. The van der Waals surface area contributed by atoms with E-state index in [0.29, 0.717) is 31.3 Å². The molecule has 96 valence electrons. The largest absolute Gasteiger partial charge is 0.379 e. The minimum absolute atomic E-state index is 0.179. The van der Waals surface area contributed by atoms with Crippen molar-refractivity contribution in [3.8, 4) is 0 Å². The maximum Gasteiger partial charge on any atom is 0.0704 e. The van der Waals surface area contributed by atoms with Gasteiger partial charge in [0.15, 0.2) is 0 Å². The van der Waals surface area contributed by atoms with Gasteiger partial charge in [-0.05, 0) is 18.8 Å². The first-order valence-corrected chi connectivity index (χ1v) is 6.45. The van der Waals surface area contributed by atoms with Crippen LogP contribution < -0.4 is 5.73 Å². The summed E-state index contributed by atoms with van der Waals surface area (Å²) in [5.41, 5.74) is 6.20. The molecule has 3 heteroatoms. The van der Waals surface area contributed by atoms with Gasteiger partial charge in [0, 0.05) is 18.1 Å². The molecule has 1 saturated carbocycles. The smallest absolute Gasteiger partial charge is 0.0704 e. The van der Waals surface area contributed by atoms with Crippen molar-refractivity contribution >= 4 is 0 Å². The molecule has 0 aromatic rings. The van der Waals surface area contributed by atoms with Crippen molar-refractivity contribution in [2.75, 3.05) is 19.8 Å². The maximum absolute atomic E-state index is 6.02. The van der Waals surface area contributed by atoms with E-state index in [1.165, 1.54) is 0 Å². The van der Waals surface area contributed by atoms with E-state index in [1.807, 2.05) is 0 Å². The SMILES string of the molecule is CCC1(C)C(N)CC1OCCOCC(C)C. The molecule has 0 radical (unpaired) electrons. The van der Waals surface area contributed by atoms with Crippen LogP contribution in [0.2, 0.25) is 0 Å². The second-order valence-electron chi connectivity index (χ2n) is 5.53. The lowest BCUT2D eigenvalue weighted by molar-refractivity contribution is -0.129. The molecule has 1 fully saturated rings. The lowest BCUT2D eigenvalue weighted by Crippen LogP contribution is -2.60. The number of rotatable bonds is 7. The highest BCUT2D eigenvalue weighted by molar-refractivity contribution is 5.02. The van der Waals surface area contributed by atoms with E-state index in [-0.39, 0.29) is 5.41 Å². The van der Waals surface area contributed by atoms with Crippen LogP contribution in [0.1, 0.15) is 40.5 Å². The van der Waals surface area contributed by atoms with Crippen LogP contribution in [0.5, 0.6) is 0 Å². The lowest BCUT2D eigenvalue weighted by Gasteiger charge is -2.51. The topological polar surface area (TPSA) is 44.5 Å². The Labute approximate surface area is 99.7 Å². The molecule has 0 bridgehead atoms. The number of ether oxygens (including phenoxy) is 2. The molecule has 0 aromatic heterocycles. The summed E-state index contributed by atoms with van der Waals surface area (Å²) in [5, 5.41) is 0. The average Bonchev–Trinajstić information content (AvgIpc) is 2.25. The molecule has 2 N–H and O–H groups in total. The standard InChI is InChI=1S/C13H27NO2/c1-5-13(4)11(14)8-12(13)16-7-6-15-9-10(2)3/h10-12H,5-9,14H2,1-4H3. The van der Waals surface area contributed by atoms with Crippen LogP contribution in [0.4, 0.5) is 0 Å². The van der Waals surface area contributed by atoms with Crippen LogP contribution in [-0.2, 0) is 9.47 Å². The van der Waals surface area contributed by atoms with Crippen LogP contribution in [0, 0.1) is 11.3 Å². The van der Waals surface area contributed by atoms with E-state index in [0.717, 1.165) is 19.4 Å². The summed E-state index contributed by atoms with van der Waals surface area (Å²) in [6, 6.07) is 0.305. The molecule has 0 saturated heterocycles. The molecule has 0 aromatic carbocycles. The first-order valence-electron chi connectivity index (χ1n) is 6.45. The fraction of sp³-hybridized carbons (Fsp3) is 1.00. The minimum atomic E-state index is 0.179. The highest BCUT2D eigenvalue weighted by Crippen LogP contribution is 2.44. The quantitative estimate of drug-likeness (QED) is 0.681. The molecule has 3 atom stereocenters. The third-order valence-electron chi connectivity index (χ3n) is 3.81. The van der Waals surface area contributed by atoms with Crippen molar-refractivity contribution < 1.29 is 9.47 Å². The average molecular weight is 229 g/mol. The summed E-state index contributed by atoms with van der Waals surface area (Å²) in [5.74, 6) is 0.595. The van der Waals surface area contributed by atoms with Gasteiger partial charge in [-0.2, -0.15) is 0 Å². The van der Waals surface area contributed by atoms with Gasteiger partial charge in [-0.3, -0.25) is 0 Å². The molecule has 0 spiro atoms. The summed E-state index contributed by atoms with van der Waals surface area (Å²) in [7, 11) is 0. The maximum atomic E-state index is 6.02. The number of nitrogens with two attached hydrogens (primary N) is 1. The van der Waals surface area contributed by atoms with Crippen LogP contribution in [0.15, 0.2) is 0 Å². The van der Waals surface area contributed by atoms with Gasteiger partial charge < -0.3 is 15.2 Å². The molecule has 3 nitrogen and oxygen atoms in total. The van der Waals surface area contributed by atoms with E-state index < -0.39 is 0 Å². The Morgan fingerprint density at radius 2 is 2.06 bits per heavy atom. The van der Waals surface area contributed by atoms with Crippen LogP contribution in [0.25, 0.3) is 0 Å². The van der Waals surface area contributed by atoms with E-state index in [1.54, 1.807) is 0 Å². The number of hydrogen-bond donors (Lipinski definition) is 1. The van der Waals surface area contributed by atoms with Crippen molar-refractivity contribution in [1.82, 2.24) is 0 Å². The molecule has 1 rings (SSSR count). The van der Waals surface area contributed by atoms with Gasteiger partial charge in [0.25, 0.3) is 0 Å². The Kier molecular flexibility index (Phi) is 5.22. The molecular formula is C13H27NO2. The molecule has 16 heavy (non-hydrogen) atoms. The van der Waals surface area contributed by atoms with Gasteiger partial charge in [0.05, 0.1) is 19.3 Å². The molecule has 1 aliphatic carbocycles. The van der Waals surface area contributed by atoms with Crippen molar-refractivity contribution in [3.05, 3.63) is 0 Å². The summed E-state index contributed by atoms with van der Waals surface area (Å²) in [4.78, 5) is 0. The molecule has 1 aliphatic rings. The highest BCUT2D eigenvalue weighted by atomic mass is 16.5. The van der Waals surface area contributed by atoms with Gasteiger partial charge in [-0.15, -0.1) is 0 Å². The van der Waals surface area contributed by atoms with Crippen LogP contribution >= 0.6 is 0 Å². The van der Waals surface area contributed by atoms with Gasteiger partial charge in [-0.25, -0.2) is 0 Å². The Morgan fingerprint density at radius 1 is 1.38 bits per heavy atom. The fourth-order valence-corrected chi connectivity index (χ4v) is 2.16. The zero-order valence-electron chi connectivity index (χ0n) is 11.2. The van der Waals surface area contributed by atoms with Crippen LogP contribution in [0.3, 0.4) is 0 Å². The summed E-state index contributed by atoms with van der Waals surface area (Å²) < 4.78 is 11.3. The Morgan fingerprint density at radius 3 is 2.56 bits per heavy atom. The van der Waals surface area contributed by atoms with Crippen molar-refractivity contribution in [2.24, 2.45) is 17.1 Å². The summed E-state index contributed by atoms with van der Waals surface area (Å²) in [6.45, 7) is 10.9. The second-order valence-corrected chi connectivity index (χ2v) is 5.53. The normalized spacial score (nSPS) is 34.1. The monoisotopic (exact) mass is 229 g/mol. The van der Waals surface area contributed by atoms with E-state index in [9.17, 15) is 0 Å². The first kappa shape index (κ1) is 13.9. The fourth-order valence-electron chi connectivity index (χ4n) is 2.16. The van der Waals surface area contributed by atoms with E-state index in [4.69, 9.17) is 15.2 Å². The van der Waals surface area contributed by atoms with Gasteiger partial charge >= 0.3 is 0 Å². The van der Waals surface area contributed by atoms with E-state index in [2.05, 4.69) is 27.7 Å². The molecule has 3 unspecified atom stereocenters. The summed E-state index contributed by atoms with van der Waals surface area (Å²) in [6.07, 6.45) is 2.41. The predicted octanol–water partition coefficient (Wildman–Crippen LogP) is 2.19. The van der Waals surface area contributed by atoms with Crippen molar-refractivity contribution in [1.29, 1.82) is 0 Å². The zero-order valence-corrected chi connectivity index (χ0v) is 11.2. The highest BCUT2D eigenvalue weighted by Gasteiger charge is 2.49. The number of hydrogen-bond acceptors (Lipinski definition) is 3. The zero-order chi connectivity index (χ0) is 12.2. The summed E-state index contributed by atoms with van der Waals surface area (Å²) >= 11 is 0. The van der Waals surface area contributed by atoms with Gasteiger partial charge in [-0.1, -0.05) is 27.7 Å². The molecular weight excluding hydrogens is 202 g/mol. The third kappa shape index (κ3) is 3.19. The Balaban J connectivity index is 2.10. The van der Waals surface area contributed by atoms with Crippen LogP contribution in [-0.4, -0.2) is 32.0 Å². The molecule has 0 heterocycles. The van der Waals surface area contributed by atoms with Gasteiger partial charge in [0.1, 0.15) is 0 Å². The second kappa shape index (κ2) is 5.99. The van der Waals surface area contributed by atoms with Crippen molar-refractivity contribution in [2.45, 2.75) is 52.7 Å². The van der Waals surface area contributed by atoms with Crippen molar-refractivity contribution in [3.63, 3.8) is 0 Å². The minimum Gasteiger partial charge on any atom is -0.379 e. The predicted molar refractivity (Wildman–Crippen MR) is 66.4 cm³/mol. The Bertz CT molecular complexity index is 208. The van der Waals surface area contributed by atoms with E-state index >= 15 is 0 Å². The third-order valence-corrected chi connectivity index (χ3v) is 3.81.